The number of hydrogen-bond donors (Lipinski definition) is 4. The van der Waals surface area contributed by atoms with Gasteiger partial charge in [0.15, 0.2) is 11.4 Å². The van der Waals surface area contributed by atoms with E-state index in [1.54, 1.807) is 19.0 Å². The van der Waals surface area contributed by atoms with Crippen LogP contribution in [0.2, 0.25) is 0 Å². The van der Waals surface area contributed by atoms with Crippen LogP contribution in [0.25, 0.3) is 0 Å². The minimum absolute atomic E-state index is 0.0382. The summed E-state index contributed by atoms with van der Waals surface area (Å²) in [5, 5.41) is 33.7. The number of phenols is 1. The number of primary amides is 1. The van der Waals surface area contributed by atoms with Gasteiger partial charge in [-0.25, -0.2) is 4.39 Å². The third kappa shape index (κ3) is 3.30. The molecule has 2 unspecified atom stereocenters. The molecule has 1 aromatic rings. The number of ketones is 1. The Morgan fingerprint density at radius 3 is 2.46 bits per heavy atom. The summed E-state index contributed by atoms with van der Waals surface area (Å²) in [5.41, 5.74) is 4.51. The predicted octanol–water partition coefficient (Wildman–Crippen LogP) is 2.99. The fourth-order valence-electron chi connectivity index (χ4n) is 7.75. The Kier molecular flexibility index (Phi) is 5.68. The summed E-state index contributed by atoms with van der Waals surface area (Å²) < 4.78 is 21.9. The van der Waals surface area contributed by atoms with Crippen LogP contribution in [0.4, 0.5) is 4.39 Å². The average molecular weight is 540 g/mol. The van der Waals surface area contributed by atoms with E-state index in [4.69, 9.17) is 10.5 Å². The van der Waals surface area contributed by atoms with Crippen LogP contribution in [0.15, 0.2) is 40.6 Å². The number of aromatic hydroxyl groups is 1. The summed E-state index contributed by atoms with van der Waals surface area (Å²) in [5.74, 6) is -4.11. The number of rotatable bonds is 4. The number of fused-ring (bicyclic) bond motifs is 2. The molecule has 6 atom stereocenters. The molecule has 5 aliphatic rings. The van der Waals surface area contributed by atoms with Crippen LogP contribution in [0.1, 0.15) is 54.6 Å². The largest absolute Gasteiger partial charge is 0.510 e. The molecule has 1 fully saturated rings. The maximum absolute atomic E-state index is 16.1. The fraction of sp³-hybridized carbons (Fsp3) is 0.517. The summed E-state index contributed by atoms with van der Waals surface area (Å²) in [7, 11) is 3.45. The Morgan fingerprint density at radius 1 is 1.23 bits per heavy atom. The van der Waals surface area contributed by atoms with E-state index in [9.17, 15) is 24.9 Å². The molecule has 3 aliphatic carbocycles. The highest BCUT2D eigenvalue weighted by atomic mass is 19.1. The molecule has 1 amide bonds. The van der Waals surface area contributed by atoms with Crippen molar-refractivity contribution in [1.29, 1.82) is 0 Å². The second-order valence-corrected chi connectivity index (χ2v) is 11.9. The molecular formula is C29H34FN3O6. The molecule has 0 saturated carbocycles. The Bertz CT molecular complexity index is 1400. The number of phenolic OH excluding ortho intramolecular Hbond substituents is 1. The lowest BCUT2D eigenvalue weighted by atomic mass is 9.56. The first-order chi connectivity index (χ1) is 18.4. The summed E-state index contributed by atoms with van der Waals surface area (Å²) in [6, 6.07) is 1.15. The van der Waals surface area contributed by atoms with Gasteiger partial charge in [0, 0.05) is 41.2 Å². The topological polar surface area (TPSA) is 137 Å². The zero-order valence-electron chi connectivity index (χ0n) is 22.5. The van der Waals surface area contributed by atoms with Gasteiger partial charge in [0.1, 0.15) is 23.1 Å². The van der Waals surface area contributed by atoms with E-state index >= 15 is 4.39 Å². The maximum Gasteiger partial charge on any atom is 0.252 e. The number of benzene rings is 1. The lowest BCUT2D eigenvalue weighted by molar-refractivity contribution is -0.118. The number of aliphatic hydroxyl groups excluding tert-OH is 2. The number of likely N-dealkylation sites (N-methyl/N-ethyl adjacent to an activating group) is 1. The number of hydrogen-bond acceptors (Lipinski definition) is 8. The second kappa shape index (κ2) is 8.56. The van der Waals surface area contributed by atoms with Gasteiger partial charge in [-0.1, -0.05) is 0 Å². The van der Waals surface area contributed by atoms with Gasteiger partial charge >= 0.3 is 0 Å². The molecule has 0 aromatic heterocycles. The Hall–Kier alpha value is -3.37. The highest BCUT2D eigenvalue weighted by molar-refractivity contribution is 6.14. The molecule has 10 heteroatoms. The summed E-state index contributed by atoms with van der Waals surface area (Å²) in [6.07, 6.45) is 3.66. The standard InChI is InChI=1S/C29H34FN3O6/c1-12-5-6-13(2)33(12)10-15-9-19(34)21-16(23(15)30)7-14-8-17-24(32(3)4)26(36)22(28(31)38)18-11-39-29(17,18)27(37)20(14)25(21)35/h9,11-14,17,24,34,36-37H,5-8,10H2,1-4H3,(H2,31,38)/t12?,13?,14-,17-,24-,29+/m0/s1. The number of likely N-dealkylation sites (tertiary alicyclic amines) is 1. The van der Waals surface area contributed by atoms with E-state index in [2.05, 4.69) is 18.7 Å². The first-order valence-electron chi connectivity index (χ1n) is 13.5. The summed E-state index contributed by atoms with van der Waals surface area (Å²) in [6.45, 7) is 4.53. The van der Waals surface area contributed by atoms with Crippen molar-refractivity contribution in [2.24, 2.45) is 17.6 Å². The van der Waals surface area contributed by atoms with Crippen molar-refractivity contribution in [3.05, 3.63) is 63.1 Å². The predicted molar refractivity (Wildman–Crippen MR) is 139 cm³/mol. The zero-order valence-corrected chi connectivity index (χ0v) is 22.5. The van der Waals surface area contributed by atoms with Gasteiger partial charge in [-0.15, -0.1) is 0 Å². The summed E-state index contributed by atoms with van der Waals surface area (Å²) >= 11 is 0. The van der Waals surface area contributed by atoms with E-state index in [1.807, 2.05) is 0 Å². The highest BCUT2D eigenvalue weighted by Gasteiger charge is 2.66. The van der Waals surface area contributed by atoms with Gasteiger partial charge < -0.3 is 25.8 Å². The molecule has 1 spiro atoms. The van der Waals surface area contributed by atoms with E-state index < -0.39 is 41.0 Å². The van der Waals surface area contributed by atoms with Gasteiger partial charge in [-0.05, 0) is 65.6 Å². The van der Waals surface area contributed by atoms with Crippen molar-refractivity contribution in [2.75, 3.05) is 14.1 Å². The number of nitrogens with zero attached hydrogens (tertiary/aromatic N) is 2. The molecule has 5 N–H and O–H groups in total. The number of carbonyl (C=O) groups is 2. The van der Waals surface area contributed by atoms with Gasteiger partial charge in [0.25, 0.3) is 5.91 Å². The summed E-state index contributed by atoms with van der Waals surface area (Å²) in [4.78, 5) is 30.1. The van der Waals surface area contributed by atoms with Gasteiger partial charge in [0.05, 0.1) is 29.0 Å². The van der Waals surface area contributed by atoms with E-state index in [0.29, 0.717) is 12.1 Å². The Balaban J connectivity index is 1.46. The van der Waals surface area contributed by atoms with Crippen molar-refractivity contribution >= 4 is 11.7 Å². The molecule has 9 nitrogen and oxygen atoms in total. The molecule has 39 heavy (non-hydrogen) atoms. The number of carbonyl (C=O) groups excluding carboxylic acids is 2. The Morgan fingerprint density at radius 2 is 1.90 bits per heavy atom. The van der Waals surface area contributed by atoms with Crippen LogP contribution in [-0.2, 0) is 22.5 Å². The van der Waals surface area contributed by atoms with E-state index in [0.717, 1.165) is 12.8 Å². The second-order valence-electron chi connectivity index (χ2n) is 11.9. The molecule has 208 valence electrons. The average Bonchev–Trinajstić information content (AvgIpc) is 3.15. The quantitative estimate of drug-likeness (QED) is 0.459. The molecule has 0 radical (unpaired) electrons. The van der Waals surface area contributed by atoms with Crippen molar-refractivity contribution in [3.63, 3.8) is 0 Å². The third-order valence-corrected chi connectivity index (χ3v) is 9.65. The van der Waals surface area contributed by atoms with Gasteiger partial charge in [0.2, 0.25) is 0 Å². The fourth-order valence-corrected chi connectivity index (χ4v) is 7.75. The molecular weight excluding hydrogens is 505 g/mol. The van der Waals surface area contributed by atoms with Crippen molar-refractivity contribution in [3.8, 4) is 5.75 Å². The van der Waals surface area contributed by atoms with Crippen LogP contribution in [0.3, 0.4) is 0 Å². The van der Waals surface area contributed by atoms with Gasteiger partial charge in [-0.3, -0.25) is 19.4 Å². The van der Waals surface area contributed by atoms with E-state index in [1.165, 1.54) is 12.3 Å². The zero-order chi connectivity index (χ0) is 28.1. The van der Waals surface area contributed by atoms with Crippen molar-refractivity contribution < 1.29 is 34.0 Å². The third-order valence-electron chi connectivity index (χ3n) is 9.65. The maximum atomic E-state index is 16.1. The number of nitrogens with two attached hydrogens (primary N) is 1. The first-order valence-corrected chi connectivity index (χ1v) is 13.5. The number of amides is 1. The minimum Gasteiger partial charge on any atom is -0.510 e. The first kappa shape index (κ1) is 25.9. The normalized spacial score (nSPS) is 33.6. The van der Waals surface area contributed by atoms with Crippen molar-refractivity contribution in [2.45, 2.75) is 69.8 Å². The molecule has 2 aliphatic heterocycles. The lowest BCUT2D eigenvalue weighted by Crippen LogP contribution is -2.63. The van der Waals surface area contributed by atoms with Crippen LogP contribution < -0.4 is 5.73 Å². The van der Waals surface area contributed by atoms with Crippen LogP contribution in [0, 0.1) is 17.7 Å². The molecule has 0 bridgehead atoms. The monoisotopic (exact) mass is 539 g/mol. The Labute approximate surface area is 226 Å². The molecule has 1 aromatic carbocycles. The molecule has 2 heterocycles. The molecule has 1 saturated heterocycles. The van der Waals surface area contributed by atoms with Crippen LogP contribution in [0.5, 0.6) is 5.75 Å². The van der Waals surface area contributed by atoms with Crippen LogP contribution >= 0.6 is 0 Å². The number of Topliss-reactive ketones (excluding diaryl/α,β-unsaturated/α-hetero) is 1. The van der Waals surface area contributed by atoms with Gasteiger partial charge in [-0.2, -0.15) is 0 Å². The van der Waals surface area contributed by atoms with Crippen LogP contribution in [-0.4, -0.2) is 74.6 Å². The minimum atomic E-state index is -1.54. The number of aliphatic hydroxyl groups is 2. The number of allylic oxidation sites excluding steroid dienone is 1. The highest BCUT2D eigenvalue weighted by Crippen LogP contribution is 2.60. The SMILES string of the molecule is CC1CCC(C)N1Cc1cc(O)c2c(c1F)C[C@H]1C[C@H]3[C@H](N(C)C)C(O)=C(C(N)=O)C4=CO[C@@]43C(O)=C1C2=O. The van der Waals surface area contributed by atoms with E-state index in [-0.39, 0.29) is 70.0 Å². The smallest absolute Gasteiger partial charge is 0.252 e. The van der Waals surface area contributed by atoms with Crippen molar-refractivity contribution in [1.82, 2.24) is 9.80 Å². The number of ether oxygens (including phenoxy) is 1. The number of halogens is 1. The lowest BCUT2D eigenvalue weighted by Gasteiger charge is -2.57. The molecule has 6 rings (SSSR count).